The van der Waals surface area contributed by atoms with Crippen molar-refractivity contribution in [2.24, 2.45) is 5.41 Å². The van der Waals surface area contributed by atoms with E-state index in [0.717, 1.165) is 7.28 Å². The molecule has 0 aromatic carbocycles. The first kappa shape index (κ1) is 9.62. The third-order valence-electron chi connectivity index (χ3n) is 3.38. The van der Waals surface area contributed by atoms with Crippen LogP contribution < -0.4 is 0 Å². The molecule has 68 valence electrons. The van der Waals surface area contributed by atoms with Crippen LogP contribution in [-0.2, 0) is 4.79 Å². The third kappa shape index (κ3) is 0.916. The van der Waals surface area contributed by atoms with Crippen LogP contribution in [0.15, 0.2) is 0 Å². The minimum atomic E-state index is -0.639. The Morgan fingerprint density at radius 1 is 1.33 bits per heavy atom. The Kier molecular flexibility index (Phi) is 1.66. The van der Waals surface area contributed by atoms with Crippen LogP contribution >= 0.6 is 0 Å². The van der Waals surface area contributed by atoms with Gasteiger partial charge in [0.05, 0.1) is 0 Å². The van der Waals surface area contributed by atoms with Gasteiger partial charge in [-0.15, -0.1) is 0 Å². The molecule has 0 spiro atoms. The van der Waals surface area contributed by atoms with Gasteiger partial charge < -0.3 is 5.11 Å². The summed E-state index contributed by atoms with van der Waals surface area (Å²) in [5.74, 6) is -0.639. The molecule has 1 aliphatic rings. The highest BCUT2D eigenvalue weighted by molar-refractivity contribution is 6.66. The molecule has 0 aliphatic carbocycles. The molecule has 1 fully saturated rings. The van der Waals surface area contributed by atoms with Crippen LogP contribution in [0.5, 0.6) is 0 Å². The molecule has 0 saturated carbocycles. The van der Waals surface area contributed by atoms with E-state index in [1.165, 1.54) is 0 Å². The number of hydrogen-bond acceptors (Lipinski definition) is 1. The van der Waals surface area contributed by atoms with Crippen molar-refractivity contribution in [3.63, 3.8) is 0 Å². The van der Waals surface area contributed by atoms with Crippen LogP contribution in [0.2, 0.25) is 10.6 Å². The van der Waals surface area contributed by atoms with Gasteiger partial charge in [-0.25, -0.2) is 0 Å². The van der Waals surface area contributed by atoms with E-state index in [-0.39, 0.29) is 10.7 Å². The van der Waals surface area contributed by atoms with Crippen molar-refractivity contribution in [2.45, 2.75) is 45.2 Å². The zero-order valence-electron chi connectivity index (χ0n) is 8.56. The summed E-state index contributed by atoms with van der Waals surface area (Å²) in [6.07, 6.45) is 0. The number of hydrogen-bond donors (Lipinski definition) is 1. The second-order valence-electron chi connectivity index (χ2n) is 5.52. The topological polar surface area (TPSA) is 37.3 Å². The Labute approximate surface area is 74.6 Å². The van der Waals surface area contributed by atoms with Gasteiger partial charge >= 0.3 is 5.97 Å². The fourth-order valence-corrected chi connectivity index (χ4v) is 2.58. The lowest BCUT2D eigenvalue weighted by molar-refractivity contribution is -0.142. The molecule has 12 heavy (non-hydrogen) atoms. The van der Waals surface area contributed by atoms with E-state index < -0.39 is 11.3 Å². The normalized spacial score (nSPS) is 32.4. The van der Waals surface area contributed by atoms with Gasteiger partial charge in [0.15, 0.2) is 0 Å². The second kappa shape index (κ2) is 2.07. The molecule has 1 heterocycles. The molecule has 1 unspecified atom stereocenters. The molecule has 0 aromatic rings. The minimum absolute atomic E-state index is 0.0307. The van der Waals surface area contributed by atoms with Crippen LogP contribution in [0, 0.1) is 5.41 Å². The minimum Gasteiger partial charge on any atom is -0.481 e. The third-order valence-corrected chi connectivity index (χ3v) is 3.38. The monoisotopic (exact) mass is 168 g/mol. The Morgan fingerprint density at radius 2 is 1.67 bits per heavy atom. The van der Waals surface area contributed by atoms with Crippen LogP contribution in [0.25, 0.3) is 0 Å². The zero-order valence-corrected chi connectivity index (χ0v) is 8.56. The van der Waals surface area contributed by atoms with E-state index in [2.05, 4.69) is 0 Å². The summed E-state index contributed by atoms with van der Waals surface area (Å²) in [4.78, 5) is 11.1. The summed E-state index contributed by atoms with van der Waals surface area (Å²) in [7, 11) is 0.804. The Hall–Kier alpha value is -0.465. The van der Waals surface area contributed by atoms with E-state index in [4.69, 9.17) is 0 Å². The molecule has 1 rings (SSSR count). The number of carboxylic acids is 1. The summed E-state index contributed by atoms with van der Waals surface area (Å²) >= 11 is 0. The highest BCUT2D eigenvalue weighted by atomic mass is 16.4. The maximum atomic E-state index is 11.1. The molecule has 1 saturated heterocycles. The van der Waals surface area contributed by atoms with Crippen molar-refractivity contribution in [1.82, 2.24) is 0 Å². The Bertz CT molecular complexity index is 227. The highest BCUT2D eigenvalue weighted by Gasteiger charge is 2.72. The van der Waals surface area contributed by atoms with E-state index in [1.807, 2.05) is 34.6 Å². The van der Waals surface area contributed by atoms with E-state index in [9.17, 15) is 9.90 Å². The lowest BCUT2D eigenvalue weighted by Gasteiger charge is -2.31. The average Bonchev–Trinajstić information content (AvgIpc) is 2.33. The molecule has 3 heteroatoms. The molecule has 0 amide bonds. The molecule has 2 nitrogen and oxygen atoms in total. The van der Waals surface area contributed by atoms with Crippen molar-refractivity contribution in [1.29, 1.82) is 0 Å². The summed E-state index contributed by atoms with van der Waals surface area (Å²) in [6, 6.07) is 0. The van der Waals surface area contributed by atoms with Gasteiger partial charge in [-0.1, -0.05) is 34.6 Å². The average molecular weight is 168 g/mol. The highest BCUT2D eigenvalue weighted by Crippen LogP contribution is 2.76. The van der Waals surface area contributed by atoms with E-state index in [1.54, 1.807) is 0 Å². The molecule has 1 N–H and O–H groups in total. The van der Waals surface area contributed by atoms with Crippen LogP contribution in [0.3, 0.4) is 0 Å². The first-order chi connectivity index (χ1) is 5.15. The van der Waals surface area contributed by atoms with Gasteiger partial charge in [-0.2, -0.15) is 0 Å². The van der Waals surface area contributed by atoms with Gasteiger partial charge in [0, 0.05) is 5.31 Å². The SMILES string of the molecule is CC(C)(C)C1(C(=O)O)BC1(C)C. The lowest BCUT2D eigenvalue weighted by Crippen LogP contribution is -2.27. The first-order valence-corrected chi connectivity index (χ1v) is 4.38. The van der Waals surface area contributed by atoms with Crippen LogP contribution in [-0.4, -0.2) is 18.4 Å². The van der Waals surface area contributed by atoms with Crippen LogP contribution in [0.1, 0.15) is 34.6 Å². The molecule has 1 aliphatic heterocycles. The molecular weight excluding hydrogens is 151 g/mol. The molecule has 0 aromatic heterocycles. The van der Waals surface area contributed by atoms with Gasteiger partial charge in [-0.3, -0.25) is 4.79 Å². The number of rotatable bonds is 1. The zero-order chi connectivity index (χ0) is 9.78. The Morgan fingerprint density at radius 3 is 1.67 bits per heavy atom. The summed E-state index contributed by atoms with van der Waals surface area (Å²) in [6.45, 7) is 10.1. The van der Waals surface area contributed by atoms with Gasteiger partial charge in [0.25, 0.3) is 0 Å². The quantitative estimate of drug-likeness (QED) is 0.607. The molecule has 0 bridgehead atoms. The summed E-state index contributed by atoms with van der Waals surface area (Å²) in [5, 5.41) is 8.64. The van der Waals surface area contributed by atoms with Crippen molar-refractivity contribution in [3.8, 4) is 0 Å². The second-order valence-corrected chi connectivity index (χ2v) is 5.52. The number of aliphatic carboxylic acids is 1. The smallest absolute Gasteiger partial charge is 0.302 e. The fourth-order valence-electron chi connectivity index (χ4n) is 2.58. The standard InChI is InChI=1S/C9H17BO2/c1-7(2,3)9(6(11)12)8(4,5)10-9/h10H,1-5H3,(H,11,12). The van der Waals surface area contributed by atoms with Crippen molar-refractivity contribution in [3.05, 3.63) is 0 Å². The summed E-state index contributed by atoms with van der Waals surface area (Å²) < 4.78 is 0. The maximum absolute atomic E-state index is 11.1. The number of carbonyl (C=O) groups is 1. The fraction of sp³-hybridized carbons (Fsp3) is 0.889. The molecule has 0 radical (unpaired) electrons. The van der Waals surface area contributed by atoms with Crippen molar-refractivity contribution in [2.75, 3.05) is 0 Å². The summed E-state index contributed by atoms with van der Waals surface area (Å²) in [5.41, 5.74) is -0.137. The largest absolute Gasteiger partial charge is 0.481 e. The van der Waals surface area contributed by atoms with Crippen molar-refractivity contribution < 1.29 is 9.90 Å². The van der Waals surface area contributed by atoms with Crippen LogP contribution in [0.4, 0.5) is 0 Å². The van der Waals surface area contributed by atoms with Gasteiger partial charge in [0.1, 0.15) is 7.28 Å². The predicted octanol–water partition coefficient (Wildman–Crippen LogP) is 1.92. The predicted molar refractivity (Wildman–Crippen MR) is 51.0 cm³/mol. The van der Waals surface area contributed by atoms with Crippen molar-refractivity contribution >= 4 is 13.2 Å². The molecule has 1 atom stereocenters. The molecular formula is C9H17BO2. The number of carboxylic acid groups (broad SMARTS) is 1. The lowest BCUT2D eigenvalue weighted by atomic mass is 9.68. The Balaban J connectivity index is 3.03. The first-order valence-electron chi connectivity index (χ1n) is 4.38. The van der Waals surface area contributed by atoms with Gasteiger partial charge in [0.2, 0.25) is 0 Å². The van der Waals surface area contributed by atoms with E-state index >= 15 is 0 Å². The maximum Gasteiger partial charge on any atom is 0.302 e. The van der Waals surface area contributed by atoms with Gasteiger partial charge in [-0.05, 0) is 10.7 Å². The van der Waals surface area contributed by atoms with E-state index in [0.29, 0.717) is 0 Å².